The highest BCUT2D eigenvalue weighted by atomic mass is 16.2. The number of amides is 1. The van der Waals surface area contributed by atoms with E-state index in [0.29, 0.717) is 23.7 Å². The molecule has 0 bridgehead atoms. The molecule has 4 nitrogen and oxygen atoms in total. The molecule has 3 rings (SSSR count). The Morgan fingerprint density at radius 3 is 2.38 bits per heavy atom. The first kappa shape index (κ1) is 18.3. The Morgan fingerprint density at radius 2 is 1.69 bits per heavy atom. The fourth-order valence-electron chi connectivity index (χ4n) is 3.65. The molecule has 0 unspecified atom stereocenters. The highest BCUT2D eigenvalue weighted by Gasteiger charge is 2.28. The summed E-state index contributed by atoms with van der Waals surface area (Å²) in [5.74, 6) is -0.0997. The predicted octanol–water partition coefficient (Wildman–Crippen LogP) is 3.63. The van der Waals surface area contributed by atoms with E-state index < -0.39 is 0 Å². The van der Waals surface area contributed by atoms with Gasteiger partial charge in [-0.3, -0.25) is 14.5 Å². The summed E-state index contributed by atoms with van der Waals surface area (Å²) in [5.41, 5.74) is 2.31. The van der Waals surface area contributed by atoms with Gasteiger partial charge < -0.3 is 4.90 Å². The lowest BCUT2D eigenvalue weighted by Gasteiger charge is -2.38. The molecule has 1 amide bonds. The molecule has 1 fully saturated rings. The van der Waals surface area contributed by atoms with Gasteiger partial charge in [-0.15, -0.1) is 0 Å². The third-order valence-corrected chi connectivity index (χ3v) is 5.12. The quantitative estimate of drug-likeness (QED) is 0.773. The molecule has 4 heteroatoms. The second kappa shape index (κ2) is 8.28. The maximum Gasteiger partial charge on any atom is 0.254 e. The molecule has 26 heavy (non-hydrogen) atoms. The summed E-state index contributed by atoms with van der Waals surface area (Å²) >= 11 is 0. The van der Waals surface area contributed by atoms with Crippen molar-refractivity contribution in [2.45, 2.75) is 32.4 Å². The summed E-state index contributed by atoms with van der Waals surface area (Å²) in [6.45, 7) is 3.84. The lowest BCUT2D eigenvalue weighted by atomic mass is 9.99. The number of hydrogen-bond acceptors (Lipinski definition) is 3. The molecule has 0 spiro atoms. The Bertz CT molecular complexity index is 773. The van der Waals surface area contributed by atoms with Crippen LogP contribution >= 0.6 is 0 Å². The highest BCUT2D eigenvalue weighted by Crippen LogP contribution is 2.20. The molecule has 1 atom stereocenters. The highest BCUT2D eigenvalue weighted by molar-refractivity contribution is 6.07. The Hall–Kier alpha value is -2.46. The van der Waals surface area contributed by atoms with Crippen molar-refractivity contribution >= 4 is 11.7 Å². The van der Waals surface area contributed by atoms with Crippen molar-refractivity contribution in [1.82, 2.24) is 9.80 Å². The van der Waals surface area contributed by atoms with Crippen molar-refractivity contribution < 1.29 is 9.59 Å². The molecule has 1 saturated heterocycles. The van der Waals surface area contributed by atoms with E-state index in [1.807, 2.05) is 17.0 Å². The first-order chi connectivity index (χ1) is 12.6. The molecule has 1 aliphatic heterocycles. The minimum atomic E-state index is -0.0660. The minimum absolute atomic E-state index is 0.0337. The van der Waals surface area contributed by atoms with Gasteiger partial charge >= 0.3 is 0 Å². The average molecular weight is 350 g/mol. The Morgan fingerprint density at radius 1 is 1.04 bits per heavy atom. The number of likely N-dealkylation sites (N-methyl/N-ethyl adjacent to an activating group) is 1. The molecule has 0 aromatic heterocycles. The number of rotatable bonds is 5. The van der Waals surface area contributed by atoms with Crippen LogP contribution in [0.2, 0.25) is 0 Å². The first-order valence-corrected chi connectivity index (χ1v) is 9.19. The molecule has 1 heterocycles. The fourth-order valence-corrected chi connectivity index (χ4v) is 3.65. The largest absolute Gasteiger partial charge is 0.337 e. The third-order valence-electron chi connectivity index (χ3n) is 5.12. The summed E-state index contributed by atoms with van der Waals surface area (Å²) in [5, 5.41) is 0. The summed E-state index contributed by atoms with van der Waals surface area (Å²) in [4.78, 5) is 29.1. The van der Waals surface area contributed by atoms with Gasteiger partial charge in [-0.1, -0.05) is 48.5 Å². The van der Waals surface area contributed by atoms with Crippen molar-refractivity contribution in [2.75, 3.05) is 20.1 Å². The van der Waals surface area contributed by atoms with Crippen molar-refractivity contribution in [1.29, 1.82) is 0 Å². The van der Waals surface area contributed by atoms with E-state index in [1.54, 1.807) is 18.2 Å². The average Bonchev–Trinajstić information content (AvgIpc) is 2.68. The molecular weight excluding hydrogens is 324 g/mol. The van der Waals surface area contributed by atoms with E-state index in [4.69, 9.17) is 0 Å². The molecule has 2 aromatic rings. The molecule has 2 aromatic carbocycles. The van der Waals surface area contributed by atoms with Crippen LogP contribution in [0.3, 0.4) is 0 Å². The Kier molecular flexibility index (Phi) is 5.84. The summed E-state index contributed by atoms with van der Waals surface area (Å²) in [6, 6.07) is 17.8. The van der Waals surface area contributed by atoms with Gasteiger partial charge in [0, 0.05) is 31.2 Å². The summed E-state index contributed by atoms with van der Waals surface area (Å²) in [7, 11) is 2.12. The van der Waals surface area contributed by atoms with Crippen molar-refractivity contribution in [2.24, 2.45) is 0 Å². The van der Waals surface area contributed by atoms with Crippen LogP contribution in [0, 0.1) is 0 Å². The lowest BCUT2D eigenvalue weighted by molar-refractivity contribution is 0.0599. The molecule has 136 valence electrons. The number of ketones is 1. The molecule has 0 N–H and O–H groups in total. The topological polar surface area (TPSA) is 40.6 Å². The van der Waals surface area contributed by atoms with E-state index >= 15 is 0 Å². The van der Waals surface area contributed by atoms with Gasteiger partial charge in [-0.25, -0.2) is 0 Å². The minimum Gasteiger partial charge on any atom is -0.337 e. The maximum atomic E-state index is 13.0. The summed E-state index contributed by atoms with van der Waals surface area (Å²) < 4.78 is 0. The number of piperidine rings is 1. The number of likely N-dealkylation sites (tertiary alicyclic amines) is 1. The molecule has 0 aliphatic carbocycles. The zero-order valence-electron chi connectivity index (χ0n) is 15.5. The van der Waals surface area contributed by atoms with Crippen LogP contribution in [0.15, 0.2) is 54.6 Å². The van der Waals surface area contributed by atoms with Gasteiger partial charge in [0.05, 0.1) is 5.56 Å². The number of hydrogen-bond donors (Lipinski definition) is 0. The molecule has 0 radical (unpaired) electrons. The van der Waals surface area contributed by atoms with Crippen LogP contribution in [0.4, 0.5) is 0 Å². The fraction of sp³-hybridized carbons (Fsp3) is 0.364. The number of carbonyl (C=O) groups is 2. The SMILES string of the molecule is CC(=O)c1ccccc1C(=O)N1CCC[C@@H](N(C)Cc2ccccc2)C1. The zero-order valence-corrected chi connectivity index (χ0v) is 15.5. The van der Waals surface area contributed by atoms with Gasteiger partial charge in [0.2, 0.25) is 0 Å². The second-order valence-electron chi connectivity index (χ2n) is 7.05. The normalized spacial score (nSPS) is 17.3. The first-order valence-electron chi connectivity index (χ1n) is 9.19. The van der Waals surface area contributed by atoms with Crippen molar-refractivity contribution in [3.05, 3.63) is 71.3 Å². The molecule has 0 saturated carbocycles. The maximum absolute atomic E-state index is 13.0. The van der Waals surface area contributed by atoms with E-state index in [9.17, 15) is 9.59 Å². The second-order valence-corrected chi connectivity index (χ2v) is 7.05. The lowest BCUT2D eigenvalue weighted by Crippen LogP contribution is -2.48. The van der Waals surface area contributed by atoms with Crippen molar-refractivity contribution in [3.63, 3.8) is 0 Å². The number of Topliss-reactive ketones (excluding diaryl/α,β-unsaturated/α-hetero) is 1. The van der Waals surface area contributed by atoms with E-state index in [0.717, 1.165) is 25.9 Å². The van der Waals surface area contributed by atoms with Crippen LogP contribution in [0.5, 0.6) is 0 Å². The monoisotopic (exact) mass is 350 g/mol. The number of carbonyl (C=O) groups excluding carboxylic acids is 2. The van der Waals surface area contributed by atoms with Crippen LogP contribution in [-0.2, 0) is 6.54 Å². The number of benzene rings is 2. The number of nitrogens with zero attached hydrogens (tertiary/aromatic N) is 2. The van der Waals surface area contributed by atoms with E-state index in [1.165, 1.54) is 12.5 Å². The molecule has 1 aliphatic rings. The van der Waals surface area contributed by atoms with Crippen LogP contribution in [-0.4, -0.2) is 47.7 Å². The van der Waals surface area contributed by atoms with E-state index in [2.05, 4.69) is 36.2 Å². The third kappa shape index (κ3) is 4.20. The predicted molar refractivity (Wildman–Crippen MR) is 103 cm³/mol. The smallest absolute Gasteiger partial charge is 0.254 e. The van der Waals surface area contributed by atoms with Crippen molar-refractivity contribution in [3.8, 4) is 0 Å². The van der Waals surface area contributed by atoms with Crippen LogP contribution in [0.1, 0.15) is 46.0 Å². The standard InChI is InChI=1S/C22H26N2O2/c1-17(25)20-12-6-7-13-21(20)22(26)24-14-8-11-19(16-24)23(2)15-18-9-4-3-5-10-18/h3-7,9-10,12-13,19H,8,11,14-16H2,1-2H3/t19-/m1/s1. The van der Waals surface area contributed by atoms with E-state index in [-0.39, 0.29) is 11.7 Å². The van der Waals surface area contributed by atoms with Gasteiger partial charge in [0.25, 0.3) is 5.91 Å². The summed E-state index contributed by atoms with van der Waals surface area (Å²) in [6.07, 6.45) is 2.07. The molecular formula is C22H26N2O2. The van der Waals surface area contributed by atoms with Crippen LogP contribution < -0.4 is 0 Å². The Labute approximate surface area is 155 Å². The van der Waals surface area contributed by atoms with Crippen LogP contribution in [0.25, 0.3) is 0 Å². The van der Waals surface area contributed by atoms with Gasteiger partial charge in [-0.05, 0) is 38.4 Å². The van der Waals surface area contributed by atoms with Gasteiger partial charge in [-0.2, -0.15) is 0 Å². The zero-order chi connectivity index (χ0) is 18.5. The Balaban J connectivity index is 1.70. The van der Waals surface area contributed by atoms with Gasteiger partial charge in [0.1, 0.15) is 0 Å². The van der Waals surface area contributed by atoms with Gasteiger partial charge in [0.15, 0.2) is 5.78 Å².